The Morgan fingerprint density at radius 2 is 1.82 bits per heavy atom. The molecule has 0 saturated heterocycles. The van der Waals surface area contributed by atoms with Gasteiger partial charge in [0.1, 0.15) is 5.75 Å². The molecule has 0 radical (unpaired) electrons. The Hall–Kier alpha value is -2.41. The second-order valence-electron chi connectivity index (χ2n) is 6.52. The van der Waals surface area contributed by atoms with Crippen LogP contribution in [0, 0.1) is 0 Å². The van der Waals surface area contributed by atoms with E-state index in [0.29, 0.717) is 18.9 Å². The maximum atomic E-state index is 11.1. The molecule has 6 nitrogen and oxygen atoms in total. The smallest absolute Gasteiger partial charge is 0.343 e. The number of nitrogens with one attached hydrogen (secondary N) is 1. The zero-order valence-corrected chi connectivity index (χ0v) is 16.5. The molecule has 0 saturated carbocycles. The van der Waals surface area contributed by atoms with Gasteiger partial charge in [0.15, 0.2) is 6.61 Å². The van der Waals surface area contributed by atoms with E-state index in [1.807, 2.05) is 54.6 Å². The van der Waals surface area contributed by atoms with E-state index in [4.69, 9.17) is 14.6 Å². The van der Waals surface area contributed by atoms with Crippen LogP contribution in [0.25, 0.3) is 0 Å². The van der Waals surface area contributed by atoms with E-state index in [0.717, 1.165) is 17.5 Å². The highest BCUT2D eigenvalue weighted by molar-refractivity contribution is 5.70. The van der Waals surface area contributed by atoms with E-state index >= 15 is 0 Å². The first-order valence-corrected chi connectivity index (χ1v) is 9.41. The summed E-state index contributed by atoms with van der Waals surface area (Å²) in [4.78, 5) is 11.1. The molecule has 2 aromatic carbocycles. The Balaban J connectivity index is 1.83. The number of hydrogen-bond donors (Lipinski definition) is 2. The minimum atomic E-state index is -0.404. The highest BCUT2D eigenvalue weighted by Crippen LogP contribution is 2.17. The Bertz CT molecular complexity index is 690. The summed E-state index contributed by atoms with van der Waals surface area (Å²) in [6.07, 6.45) is 0.739. The van der Waals surface area contributed by atoms with Gasteiger partial charge < -0.3 is 24.6 Å². The molecule has 0 fully saturated rings. The number of ether oxygens (including phenoxy) is 3. The summed E-state index contributed by atoms with van der Waals surface area (Å²) in [6, 6.07) is 17.9. The Kier molecular flexibility index (Phi) is 9.48. The van der Waals surface area contributed by atoms with Gasteiger partial charge in [-0.3, -0.25) is 0 Å². The fraction of sp³-hybridized carbons (Fsp3) is 0.409. The van der Waals surface area contributed by atoms with Crippen LogP contribution in [0.2, 0.25) is 0 Å². The molecule has 2 rings (SSSR count). The minimum Gasteiger partial charge on any atom is -0.482 e. The third kappa shape index (κ3) is 7.68. The Morgan fingerprint density at radius 3 is 2.46 bits per heavy atom. The second-order valence-corrected chi connectivity index (χ2v) is 6.52. The second kappa shape index (κ2) is 12.1. The molecule has 28 heavy (non-hydrogen) atoms. The average Bonchev–Trinajstić information content (AvgIpc) is 2.73. The Morgan fingerprint density at radius 1 is 1.11 bits per heavy atom. The molecular formula is C22H29NO5. The first-order valence-electron chi connectivity index (χ1n) is 9.41. The lowest BCUT2D eigenvalue weighted by molar-refractivity contribution is -0.142. The fourth-order valence-electron chi connectivity index (χ4n) is 2.79. The van der Waals surface area contributed by atoms with Gasteiger partial charge in [0, 0.05) is 12.6 Å². The number of hydrogen-bond acceptors (Lipinski definition) is 6. The zero-order chi connectivity index (χ0) is 20.2. The van der Waals surface area contributed by atoms with E-state index in [-0.39, 0.29) is 25.4 Å². The van der Waals surface area contributed by atoms with Gasteiger partial charge in [-0.2, -0.15) is 0 Å². The van der Waals surface area contributed by atoms with Gasteiger partial charge in [0.25, 0.3) is 0 Å². The molecule has 0 aliphatic heterocycles. The molecule has 0 aliphatic carbocycles. The third-order valence-electron chi connectivity index (χ3n) is 4.28. The molecule has 0 heterocycles. The first-order chi connectivity index (χ1) is 13.6. The summed E-state index contributed by atoms with van der Waals surface area (Å²) in [5.41, 5.74) is 2.25. The van der Waals surface area contributed by atoms with Gasteiger partial charge in [0.05, 0.1) is 26.4 Å². The highest BCUT2D eigenvalue weighted by atomic mass is 16.6. The van der Waals surface area contributed by atoms with Gasteiger partial charge in [-0.1, -0.05) is 42.5 Å². The SMILES string of the molecule is COC(=O)COc1ccc(CC(C)NCC(OCCO)c2ccccc2)cc1. The van der Waals surface area contributed by atoms with Gasteiger partial charge >= 0.3 is 5.97 Å². The van der Waals surface area contributed by atoms with Crippen molar-refractivity contribution in [3.8, 4) is 5.75 Å². The molecule has 2 aromatic rings. The lowest BCUT2D eigenvalue weighted by atomic mass is 10.1. The number of carbonyl (C=O) groups excluding carboxylic acids is 1. The molecule has 0 amide bonds. The summed E-state index contributed by atoms with van der Waals surface area (Å²) in [6.45, 7) is 3.00. The number of aliphatic hydroxyl groups is 1. The van der Waals surface area contributed by atoms with Crippen LogP contribution in [0.1, 0.15) is 24.2 Å². The maximum absolute atomic E-state index is 11.1. The zero-order valence-electron chi connectivity index (χ0n) is 16.5. The van der Waals surface area contributed by atoms with Crippen molar-refractivity contribution >= 4 is 5.97 Å². The van der Waals surface area contributed by atoms with Crippen LogP contribution in [0.4, 0.5) is 0 Å². The molecule has 6 heteroatoms. The van der Waals surface area contributed by atoms with Crippen molar-refractivity contribution in [2.75, 3.05) is 33.5 Å². The number of benzene rings is 2. The molecule has 2 atom stereocenters. The van der Waals surface area contributed by atoms with Crippen LogP contribution in [0.15, 0.2) is 54.6 Å². The normalized spacial score (nSPS) is 13.0. The molecule has 0 spiro atoms. The first kappa shape index (κ1) is 21.9. The van der Waals surface area contributed by atoms with E-state index in [1.165, 1.54) is 7.11 Å². The molecule has 152 valence electrons. The van der Waals surface area contributed by atoms with Crippen LogP contribution in [0.3, 0.4) is 0 Å². The van der Waals surface area contributed by atoms with Gasteiger partial charge in [-0.25, -0.2) is 4.79 Å². The lowest BCUT2D eigenvalue weighted by Gasteiger charge is -2.22. The van der Waals surface area contributed by atoms with Gasteiger partial charge in [-0.05, 0) is 36.6 Å². The summed E-state index contributed by atoms with van der Waals surface area (Å²) in [5.74, 6) is 0.231. The number of carbonyl (C=O) groups is 1. The standard InChI is InChI=1S/C22H29NO5/c1-17(14-18-8-10-20(11-9-18)28-16-22(25)26-2)23-15-21(27-13-12-24)19-6-4-3-5-7-19/h3-11,17,21,23-24H,12-16H2,1-2H3. The van der Waals surface area contributed by atoms with E-state index < -0.39 is 5.97 Å². The van der Waals surface area contributed by atoms with Crippen LogP contribution in [-0.4, -0.2) is 50.6 Å². The van der Waals surface area contributed by atoms with Gasteiger partial charge in [-0.15, -0.1) is 0 Å². The summed E-state index contributed by atoms with van der Waals surface area (Å²) < 4.78 is 15.7. The lowest BCUT2D eigenvalue weighted by Crippen LogP contribution is -2.33. The Labute approximate surface area is 166 Å². The van der Waals surface area contributed by atoms with Crippen LogP contribution >= 0.6 is 0 Å². The summed E-state index contributed by atoms with van der Waals surface area (Å²) in [7, 11) is 1.33. The van der Waals surface area contributed by atoms with Crippen LogP contribution < -0.4 is 10.1 Å². The number of esters is 1. The number of methoxy groups -OCH3 is 1. The third-order valence-corrected chi connectivity index (χ3v) is 4.28. The van der Waals surface area contributed by atoms with Crippen molar-refractivity contribution in [2.24, 2.45) is 0 Å². The monoisotopic (exact) mass is 387 g/mol. The van der Waals surface area contributed by atoms with E-state index in [2.05, 4.69) is 17.0 Å². The predicted molar refractivity (Wildman–Crippen MR) is 107 cm³/mol. The van der Waals surface area contributed by atoms with Crippen molar-refractivity contribution in [1.29, 1.82) is 0 Å². The number of rotatable bonds is 12. The molecular weight excluding hydrogens is 358 g/mol. The highest BCUT2D eigenvalue weighted by Gasteiger charge is 2.13. The van der Waals surface area contributed by atoms with Crippen LogP contribution in [-0.2, 0) is 20.7 Å². The van der Waals surface area contributed by atoms with Crippen LogP contribution in [0.5, 0.6) is 5.75 Å². The van der Waals surface area contributed by atoms with Gasteiger partial charge in [0.2, 0.25) is 0 Å². The predicted octanol–water partition coefficient (Wildman–Crippen LogP) is 2.51. The summed E-state index contributed by atoms with van der Waals surface area (Å²) in [5, 5.41) is 12.6. The van der Waals surface area contributed by atoms with Crippen molar-refractivity contribution < 1.29 is 24.1 Å². The maximum Gasteiger partial charge on any atom is 0.343 e. The molecule has 2 N–H and O–H groups in total. The van der Waals surface area contributed by atoms with E-state index in [1.54, 1.807) is 0 Å². The molecule has 0 aliphatic rings. The van der Waals surface area contributed by atoms with E-state index in [9.17, 15) is 4.79 Å². The van der Waals surface area contributed by atoms with Crippen molar-refractivity contribution in [3.05, 3.63) is 65.7 Å². The number of aliphatic hydroxyl groups excluding tert-OH is 1. The molecule has 0 aromatic heterocycles. The van der Waals surface area contributed by atoms with Crippen molar-refractivity contribution in [3.63, 3.8) is 0 Å². The minimum absolute atomic E-state index is 0.00326. The topological polar surface area (TPSA) is 77.0 Å². The quantitative estimate of drug-likeness (QED) is 0.545. The summed E-state index contributed by atoms with van der Waals surface area (Å²) >= 11 is 0. The van der Waals surface area contributed by atoms with Crippen molar-refractivity contribution in [1.82, 2.24) is 5.32 Å². The fourth-order valence-corrected chi connectivity index (χ4v) is 2.79. The largest absolute Gasteiger partial charge is 0.482 e. The van der Waals surface area contributed by atoms with Crippen molar-refractivity contribution in [2.45, 2.75) is 25.5 Å². The molecule has 0 bridgehead atoms. The average molecular weight is 387 g/mol. The molecule has 2 unspecified atom stereocenters.